The number of carbonyl (C=O) groups excluding carboxylic acids is 2. The van der Waals surface area contributed by atoms with Crippen LogP contribution in [0.15, 0.2) is 22.8 Å². The number of ether oxygens (including phenoxy) is 3. The van der Waals surface area contributed by atoms with Gasteiger partial charge in [0.1, 0.15) is 0 Å². The first-order chi connectivity index (χ1) is 17.4. The molecule has 1 saturated heterocycles. The van der Waals surface area contributed by atoms with Gasteiger partial charge in [0.25, 0.3) is 0 Å². The molecular weight excluding hydrogens is 476 g/mol. The zero-order valence-corrected chi connectivity index (χ0v) is 22.6. The highest BCUT2D eigenvalue weighted by molar-refractivity contribution is 6.42. The van der Waals surface area contributed by atoms with E-state index in [0.29, 0.717) is 36.3 Å². The summed E-state index contributed by atoms with van der Waals surface area (Å²) in [6.07, 6.45) is 11.7. The minimum atomic E-state index is -0.473. The monoisotopic (exact) mass is 514 g/mol. The Labute approximate surface area is 221 Å². The number of ketones is 1. The molecule has 3 aliphatic rings. The van der Waals surface area contributed by atoms with E-state index in [4.69, 9.17) is 25.8 Å². The molecule has 0 aromatic rings. The maximum absolute atomic E-state index is 13.0. The van der Waals surface area contributed by atoms with Gasteiger partial charge in [-0.05, 0) is 57.3 Å². The van der Waals surface area contributed by atoms with Crippen LogP contribution >= 0.6 is 11.6 Å². The summed E-state index contributed by atoms with van der Waals surface area (Å²) in [6, 6.07) is 0. The lowest BCUT2D eigenvalue weighted by Gasteiger charge is -2.29. The van der Waals surface area contributed by atoms with Crippen molar-refractivity contribution in [2.24, 2.45) is 23.7 Å². The number of allylic oxidation sites excluding steroid dienone is 3. The fraction of sp³-hybridized carbons (Fsp3) is 0.667. The fourth-order valence-corrected chi connectivity index (χ4v) is 5.68. The van der Waals surface area contributed by atoms with Gasteiger partial charge in [-0.2, -0.15) is 0 Å². The SMILES string of the molecule is CCC#CCC(C)C(=O)C(Cl)=CC1C(OC2CCCCO2)CC2C=C(CCC#CC(=O)OCC)CC21. The highest BCUT2D eigenvalue weighted by atomic mass is 35.5. The number of rotatable bonds is 9. The summed E-state index contributed by atoms with van der Waals surface area (Å²) in [4.78, 5) is 24.4. The second-order valence-electron chi connectivity index (χ2n) is 9.85. The number of esters is 1. The third-order valence-electron chi connectivity index (χ3n) is 7.16. The third kappa shape index (κ3) is 8.24. The topological polar surface area (TPSA) is 61.8 Å². The lowest BCUT2D eigenvalue weighted by atomic mass is 9.88. The summed E-state index contributed by atoms with van der Waals surface area (Å²) in [6.45, 7) is 6.72. The van der Waals surface area contributed by atoms with Crippen molar-refractivity contribution in [3.63, 3.8) is 0 Å². The van der Waals surface area contributed by atoms with Crippen LogP contribution in [0, 0.1) is 47.4 Å². The van der Waals surface area contributed by atoms with Crippen LogP contribution in [0.1, 0.15) is 78.6 Å². The Hall–Kier alpha value is -2.05. The van der Waals surface area contributed by atoms with Crippen molar-refractivity contribution in [2.45, 2.75) is 91.0 Å². The van der Waals surface area contributed by atoms with Gasteiger partial charge in [0.15, 0.2) is 12.1 Å². The zero-order valence-electron chi connectivity index (χ0n) is 21.8. The number of hydrogen-bond acceptors (Lipinski definition) is 5. The van der Waals surface area contributed by atoms with E-state index in [0.717, 1.165) is 51.6 Å². The molecule has 2 aliphatic carbocycles. The molecule has 5 nitrogen and oxygen atoms in total. The molecule has 6 heteroatoms. The number of fused-ring (bicyclic) bond motifs is 1. The van der Waals surface area contributed by atoms with E-state index < -0.39 is 5.97 Å². The molecule has 3 rings (SSSR count). The molecule has 0 bridgehead atoms. The summed E-state index contributed by atoms with van der Waals surface area (Å²) in [5.41, 5.74) is 1.35. The summed E-state index contributed by atoms with van der Waals surface area (Å²) >= 11 is 6.61. The van der Waals surface area contributed by atoms with Crippen LogP contribution < -0.4 is 0 Å². The maximum atomic E-state index is 13.0. The molecule has 196 valence electrons. The van der Waals surface area contributed by atoms with E-state index in [1.54, 1.807) is 6.92 Å². The molecular formula is C30H39ClO5. The van der Waals surface area contributed by atoms with Crippen LogP contribution in [-0.2, 0) is 23.8 Å². The first kappa shape index (κ1) is 28.5. The molecule has 0 amide bonds. The van der Waals surface area contributed by atoms with Gasteiger partial charge in [-0.15, -0.1) is 11.8 Å². The average molecular weight is 515 g/mol. The minimum absolute atomic E-state index is 0.0266. The van der Waals surface area contributed by atoms with Gasteiger partial charge in [0, 0.05) is 43.6 Å². The molecule has 36 heavy (non-hydrogen) atoms. The Morgan fingerprint density at radius 3 is 2.81 bits per heavy atom. The van der Waals surface area contributed by atoms with Crippen LogP contribution in [0.5, 0.6) is 0 Å². The second-order valence-corrected chi connectivity index (χ2v) is 10.3. The molecule has 0 aromatic carbocycles. The summed E-state index contributed by atoms with van der Waals surface area (Å²) in [5, 5.41) is 0.290. The number of Topliss-reactive ketones (excluding diaryl/α,β-unsaturated/α-hetero) is 1. The van der Waals surface area contributed by atoms with Gasteiger partial charge in [-0.3, -0.25) is 4.79 Å². The zero-order chi connectivity index (χ0) is 25.9. The second kappa shape index (κ2) is 14.6. The molecule has 0 aromatic heterocycles. The van der Waals surface area contributed by atoms with Crippen LogP contribution in [0.3, 0.4) is 0 Å². The van der Waals surface area contributed by atoms with Crippen molar-refractivity contribution in [2.75, 3.05) is 13.2 Å². The van der Waals surface area contributed by atoms with E-state index in [9.17, 15) is 9.59 Å². The van der Waals surface area contributed by atoms with Crippen LogP contribution in [0.4, 0.5) is 0 Å². The molecule has 0 N–H and O–H groups in total. The molecule has 0 spiro atoms. The van der Waals surface area contributed by atoms with Gasteiger partial charge in [0.2, 0.25) is 0 Å². The van der Waals surface area contributed by atoms with Gasteiger partial charge in [-0.1, -0.05) is 49.1 Å². The average Bonchev–Trinajstić information content (AvgIpc) is 3.40. The summed E-state index contributed by atoms with van der Waals surface area (Å²) in [7, 11) is 0. The van der Waals surface area contributed by atoms with Crippen LogP contribution in [0.2, 0.25) is 0 Å². The molecule has 6 atom stereocenters. The van der Waals surface area contributed by atoms with E-state index >= 15 is 0 Å². The minimum Gasteiger partial charge on any atom is -0.456 e. The largest absolute Gasteiger partial charge is 0.456 e. The fourth-order valence-electron chi connectivity index (χ4n) is 5.34. The lowest BCUT2D eigenvalue weighted by molar-refractivity contribution is -0.192. The molecule has 2 fully saturated rings. The highest BCUT2D eigenvalue weighted by Gasteiger charge is 2.46. The highest BCUT2D eigenvalue weighted by Crippen LogP contribution is 2.50. The normalized spacial score (nSPS) is 28.2. The molecule has 0 radical (unpaired) electrons. The number of hydrogen-bond donors (Lipinski definition) is 0. The molecule has 1 saturated carbocycles. The van der Waals surface area contributed by atoms with Gasteiger partial charge in [0.05, 0.1) is 17.7 Å². The summed E-state index contributed by atoms with van der Waals surface area (Å²) in [5.74, 6) is 11.5. The summed E-state index contributed by atoms with van der Waals surface area (Å²) < 4.78 is 17.2. The first-order valence-corrected chi connectivity index (χ1v) is 13.8. The standard InChI is InChI=1S/C30H39ClO5/c1-4-6-7-12-21(3)30(33)26(31)20-25-24-18-22(13-8-9-14-28(32)34-5-2)17-23(24)19-27(25)36-29-15-10-11-16-35-29/h17,20-21,23-25,27,29H,4-5,8,10-13,15-16,18-19H2,1-3H3. The Kier molecular flexibility index (Phi) is 11.6. The van der Waals surface area contributed by atoms with Gasteiger partial charge in [-0.25, -0.2) is 4.79 Å². The van der Waals surface area contributed by atoms with Crippen molar-refractivity contribution < 1.29 is 23.8 Å². The smallest absolute Gasteiger partial charge is 0.384 e. The van der Waals surface area contributed by atoms with E-state index in [-0.39, 0.29) is 30.0 Å². The quantitative estimate of drug-likeness (QED) is 0.125. The van der Waals surface area contributed by atoms with Gasteiger partial charge >= 0.3 is 5.97 Å². The van der Waals surface area contributed by atoms with Crippen molar-refractivity contribution in [1.29, 1.82) is 0 Å². The van der Waals surface area contributed by atoms with Crippen molar-refractivity contribution in [3.05, 3.63) is 22.8 Å². The predicted molar refractivity (Wildman–Crippen MR) is 141 cm³/mol. The first-order valence-electron chi connectivity index (χ1n) is 13.4. The van der Waals surface area contributed by atoms with Gasteiger partial charge < -0.3 is 14.2 Å². The molecule has 1 heterocycles. The van der Waals surface area contributed by atoms with E-state index in [1.807, 2.05) is 19.9 Å². The Bertz CT molecular complexity index is 953. The Morgan fingerprint density at radius 1 is 1.25 bits per heavy atom. The number of carbonyl (C=O) groups is 2. The van der Waals surface area contributed by atoms with Crippen LogP contribution in [-0.4, -0.2) is 37.4 Å². The number of halogens is 1. The van der Waals surface area contributed by atoms with Crippen molar-refractivity contribution >= 4 is 23.4 Å². The van der Waals surface area contributed by atoms with Crippen LogP contribution in [0.25, 0.3) is 0 Å². The molecule has 1 aliphatic heterocycles. The van der Waals surface area contributed by atoms with E-state index in [2.05, 4.69) is 29.8 Å². The molecule has 6 unspecified atom stereocenters. The lowest BCUT2D eigenvalue weighted by Crippen LogP contribution is -2.31. The third-order valence-corrected chi connectivity index (χ3v) is 7.47. The Balaban J connectivity index is 1.68. The van der Waals surface area contributed by atoms with E-state index in [1.165, 1.54) is 5.57 Å². The Morgan fingerprint density at radius 2 is 2.08 bits per heavy atom. The van der Waals surface area contributed by atoms with Crippen molar-refractivity contribution in [3.8, 4) is 23.7 Å². The predicted octanol–water partition coefficient (Wildman–Crippen LogP) is 5.96. The maximum Gasteiger partial charge on any atom is 0.384 e. The van der Waals surface area contributed by atoms with Crippen molar-refractivity contribution in [1.82, 2.24) is 0 Å².